The number of hydrogen-bond donors (Lipinski definition) is 0. The lowest BCUT2D eigenvalue weighted by molar-refractivity contribution is -0.274. The number of fused-ring (bicyclic) bond motifs is 1. The van der Waals surface area contributed by atoms with E-state index >= 15 is 0 Å². The fourth-order valence-corrected chi connectivity index (χ4v) is 2.76. The van der Waals surface area contributed by atoms with Gasteiger partial charge in [-0.3, -0.25) is 0 Å². The van der Waals surface area contributed by atoms with E-state index in [1.807, 2.05) is 43.0 Å². The van der Waals surface area contributed by atoms with E-state index in [1.54, 1.807) is 18.2 Å². The summed E-state index contributed by atoms with van der Waals surface area (Å²) < 4.78 is 50.8. The summed E-state index contributed by atoms with van der Waals surface area (Å²) in [5.74, 6) is -1.42. The van der Waals surface area contributed by atoms with Gasteiger partial charge in [0.2, 0.25) is 0 Å². The number of esters is 1. The molecule has 0 fully saturated rings. The van der Waals surface area contributed by atoms with Gasteiger partial charge < -0.3 is 14.4 Å². The number of nitrogens with zero attached hydrogens (tertiary/aromatic N) is 1. The minimum Gasteiger partial charge on any atom is -0.462 e. The molecule has 0 saturated heterocycles. The minimum atomic E-state index is -4.89. The van der Waals surface area contributed by atoms with E-state index < -0.39 is 17.7 Å². The molecule has 2 rings (SSSR count). The Hall–Kier alpha value is -2.12. The van der Waals surface area contributed by atoms with Gasteiger partial charge in [-0.05, 0) is 42.4 Å². The average molecular weight is 397 g/mol. The molecule has 2 aromatic carbocycles. The Kier molecular flexibility index (Phi) is 7.43. The topological polar surface area (TPSA) is 38.8 Å². The summed E-state index contributed by atoms with van der Waals surface area (Å²) in [7, 11) is 0. The van der Waals surface area contributed by atoms with Crippen molar-refractivity contribution in [3.05, 3.63) is 48.0 Å². The molecule has 4 nitrogen and oxygen atoms in total. The van der Waals surface area contributed by atoms with E-state index in [2.05, 4.69) is 0 Å². The van der Waals surface area contributed by atoms with Gasteiger partial charge >= 0.3 is 12.1 Å². The van der Waals surface area contributed by atoms with Crippen LogP contribution in [0.2, 0.25) is 0 Å². The zero-order valence-electron chi connectivity index (χ0n) is 16.4. The van der Waals surface area contributed by atoms with Crippen LogP contribution < -0.4 is 0 Å². The maximum atomic E-state index is 13.6. The number of halogens is 3. The van der Waals surface area contributed by atoms with Gasteiger partial charge in [-0.15, -0.1) is 0 Å². The second kappa shape index (κ2) is 9.39. The second-order valence-corrected chi connectivity index (χ2v) is 6.66. The molecule has 154 valence electrons. The second-order valence-electron chi connectivity index (χ2n) is 6.66. The number of ether oxygens (including phenoxy) is 2. The molecule has 0 aliphatic carbocycles. The maximum Gasteiger partial charge on any atom is 0.428 e. The van der Waals surface area contributed by atoms with Crippen molar-refractivity contribution in [2.45, 2.75) is 39.2 Å². The van der Waals surface area contributed by atoms with Crippen LogP contribution in [0.4, 0.5) is 13.2 Å². The molecular formula is C21H26F3NO3. The highest BCUT2D eigenvalue weighted by Gasteiger charge is 2.59. The molecular weight excluding hydrogens is 371 g/mol. The fourth-order valence-electron chi connectivity index (χ4n) is 2.76. The van der Waals surface area contributed by atoms with Gasteiger partial charge in [0.25, 0.3) is 5.60 Å². The summed E-state index contributed by atoms with van der Waals surface area (Å²) in [6, 6.07) is 12.7. The summed E-state index contributed by atoms with van der Waals surface area (Å²) >= 11 is 0. The predicted molar refractivity (Wildman–Crippen MR) is 102 cm³/mol. The SMILES string of the molecule is CCN(CC)CCOC(=O)C(C)(OCc1ccc2ccccc2c1)C(F)(F)F. The Morgan fingerprint density at radius 1 is 1.04 bits per heavy atom. The van der Waals surface area contributed by atoms with E-state index in [0.717, 1.165) is 23.9 Å². The molecule has 0 saturated carbocycles. The number of carbonyl (C=O) groups excluding carboxylic acids is 1. The Balaban J connectivity index is 2.07. The average Bonchev–Trinajstić information content (AvgIpc) is 2.68. The molecule has 0 N–H and O–H groups in total. The lowest BCUT2D eigenvalue weighted by Crippen LogP contribution is -2.52. The van der Waals surface area contributed by atoms with Crippen LogP contribution in [0.5, 0.6) is 0 Å². The quantitative estimate of drug-likeness (QED) is 0.582. The van der Waals surface area contributed by atoms with E-state index in [9.17, 15) is 18.0 Å². The van der Waals surface area contributed by atoms with Gasteiger partial charge in [0.15, 0.2) is 0 Å². The molecule has 28 heavy (non-hydrogen) atoms. The first-order valence-corrected chi connectivity index (χ1v) is 9.29. The third kappa shape index (κ3) is 5.23. The molecule has 0 heterocycles. The lowest BCUT2D eigenvalue weighted by Gasteiger charge is -2.30. The Morgan fingerprint density at radius 2 is 1.68 bits per heavy atom. The third-order valence-corrected chi connectivity index (χ3v) is 4.81. The van der Waals surface area contributed by atoms with Crippen LogP contribution in [0.25, 0.3) is 10.8 Å². The highest BCUT2D eigenvalue weighted by Crippen LogP contribution is 2.35. The van der Waals surface area contributed by atoms with Crippen LogP contribution in [-0.4, -0.2) is 48.9 Å². The molecule has 7 heteroatoms. The van der Waals surface area contributed by atoms with Crippen molar-refractivity contribution in [3.63, 3.8) is 0 Å². The van der Waals surface area contributed by atoms with Gasteiger partial charge in [-0.2, -0.15) is 13.2 Å². The van der Waals surface area contributed by atoms with E-state index in [-0.39, 0.29) is 13.2 Å². The number of alkyl halides is 3. The van der Waals surface area contributed by atoms with Gasteiger partial charge in [0, 0.05) is 6.54 Å². The first-order valence-electron chi connectivity index (χ1n) is 9.29. The molecule has 2 aromatic rings. The minimum absolute atomic E-state index is 0.120. The summed E-state index contributed by atoms with van der Waals surface area (Å²) in [5, 5.41) is 1.86. The number of rotatable bonds is 9. The number of benzene rings is 2. The molecule has 1 atom stereocenters. The van der Waals surface area contributed by atoms with Gasteiger partial charge in [0.1, 0.15) is 6.61 Å². The third-order valence-electron chi connectivity index (χ3n) is 4.81. The monoisotopic (exact) mass is 397 g/mol. The van der Waals surface area contributed by atoms with Crippen molar-refractivity contribution >= 4 is 16.7 Å². The van der Waals surface area contributed by atoms with Crippen LogP contribution in [0.1, 0.15) is 26.3 Å². The van der Waals surface area contributed by atoms with Gasteiger partial charge in [0.05, 0.1) is 6.61 Å². The molecule has 0 spiro atoms. The van der Waals surface area contributed by atoms with Crippen LogP contribution >= 0.6 is 0 Å². The van der Waals surface area contributed by atoms with Crippen molar-refractivity contribution in [1.82, 2.24) is 4.90 Å². The van der Waals surface area contributed by atoms with Crippen molar-refractivity contribution < 1.29 is 27.4 Å². The molecule has 0 aliphatic rings. The van der Waals surface area contributed by atoms with Crippen molar-refractivity contribution in [2.75, 3.05) is 26.2 Å². The number of hydrogen-bond acceptors (Lipinski definition) is 4. The van der Waals surface area contributed by atoms with Crippen molar-refractivity contribution in [1.29, 1.82) is 0 Å². The molecule has 0 bridgehead atoms. The van der Waals surface area contributed by atoms with Crippen LogP contribution in [0.15, 0.2) is 42.5 Å². The standard InChI is InChI=1S/C21H26F3NO3/c1-4-25(5-2)12-13-27-19(26)20(3,21(22,23)24)28-15-16-10-11-17-8-6-7-9-18(17)14-16/h6-11,14H,4-5,12-13,15H2,1-3H3. The zero-order valence-corrected chi connectivity index (χ0v) is 16.4. The highest BCUT2D eigenvalue weighted by molar-refractivity contribution is 5.83. The number of carbonyl (C=O) groups is 1. The van der Waals surface area contributed by atoms with Crippen LogP contribution in [0.3, 0.4) is 0 Å². The molecule has 0 radical (unpaired) electrons. The fraction of sp³-hybridized carbons (Fsp3) is 0.476. The van der Waals surface area contributed by atoms with Crippen LogP contribution in [0, 0.1) is 0 Å². The summed E-state index contributed by atoms with van der Waals surface area (Å²) in [6.45, 7) is 5.92. The Morgan fingerprint density at radius 3 is 2.29 bits per heavy atom. The van der Waals surface area contributed by atoms with E-state index in [4.69, 9.17) is 9.47 Å². The maximum absolute atomic E-state index is 13.6. The molecule has 0 aliphatic heterocycles. The zero-order chi connectivity index (χ0) is 20.8. The lowest BCUT2D eigenvalue weighted by atomic mass is 10.1. The van der Waals surface area contributed by atoms with E-state index in [0.29, 0.717) is 19.0 Å². The predicted octanol–water partition coefficient (Wildman–Crippen LogP) is 4.56. The molecule has 1 unspecified atom stereocenters. The van der Waals surface area contributed by atoms with Crippen LogP contribution in [-0.2, 0) is 20.9 Å². The summed E-state index contributed by atoms with van der Waals surface area (Å²) in [5.41, 5.74) is -2.48. The van der Waals surface area contributed by atoms with Crippen molar-refractivity contribution in [3.8, 4) is 0 Å². The summed E-state index contributed by atoms with van der Waals surface area (Å²) in [6.07, 6.45) is -4.89. The Labute approximate surface area is 163 Å². The first kappa shape index (κ1) is 22.2. The highest BCUT2D eigenvalue weighted by atomic mass is 19.4. The van der Waals surface area contributed by atoms with Crippen molar-refractivity contribution in [2.24, 2.45) is 0 Å². The van der Waals surface area contributed by atoms with Gasteiger partial charge in [-0.25, -0.2) is 4.79 Å². The van der Waals surface area contributed by atoms with Gasteiger partial charge in [-0.1, -0.05) is 50.2 Å². The first-order chi connectivity index (χ1) is 13.2. The molecule has 0 amide bonds. The normalized spacial score (nSPS) is 14.2. The Bertz CT molecular complexity index is 790. The number of likely N-dealkylation sites (N-methyl/N-ethyl adjacent to an activating group) is 1. The summed E-state index contributed by atoms with van der Waals surface area (Å²) in [4.78, 5) is 14.2. The smallest absolute Gasteiger partial charge is 0.428 e. The largest absolute Gasteiger partial charge is 0.462 e. The van der Waals surface area contributed by atoms with E-state index in [1.165, 1.54) is 0 Å². The molecule has 0 aromatic heterocycles.